The third kappa shape index (κ3) is 4.14. The fourth-order valence-corrected chi connectivity index (χ4v) is 2.68. The van der Waals surface area contributed by atoms with Crippen molar-refractivity contribution in [2.24, 2.45) is 5.73 Å². The summed E-state index contributed by atoms with van der Waals surface area (Å²) >= 11 is 0. The molecule has 25 heavy (non-hydrogen) atoms. The lowest BCUT2D eigenvalue weighted by Crippen LogP contribution is -2.14. The predicted molar refractivity (Wildman–Crippen MR) is 91.5 cm³/mol. The molecular weight excluding hydrogens is 331 g/mol. The van der Waals surface area contributed by atoms with Gasteiger partial charge in [0.1, 0.15) is 5.75 Å². The summed E-state index contributed by atoms with van der Waals surface area (Å²) in [5, 5.41) is 10.2. The third-order valence-electron chi connectivity index (χ3n) is 4.14. The van der Waals surface area contributed by atoms with E-state index in [0.29, 0.717) is 16.9 Å². The first-order valence-electron chi connectivity index (χ1n) is 7.96. The number of rotatable bonds is 5. The van der Waals surface area contributed by atoms with Gasteiger partial charge in [-0.05, 0) is 46.9 Å². The fraction of sp³-hybridized carbons (Fsp3) is 0.368. The van der Waals surface area contributed by atoms with Gasteiger partial charge in [0.15, 0.2) is 0 Å². The first kappa shape index (κ1) is 19.3. The van der Waals surface area contributed by atoms with Gasteiger partial charge in [-0.1, -0.05) is 26.0 Å². The maximum atomic E-state index is 13.0. The SMILES string of the molecule is COc1ccc(C(C)C)cc1-c1ccc(C(F)(F)F)cc1C(O)CN. The van der Waals surface area contributed by atoms with E-state index in [2.05, 4.69) is 0 Å². The van der Waals surface area contributed by atoms with Gasteiger partial charge in [-0.25, -0.2) is 0 Å². The number of halogens is 3. The molecule has 0 saturated heterocycles. The molecule has 0 aliphatic rings. The molecule has 0 spiro atoms. The maximum Gasteiger partial charge on any atom is 0.416 e. The van der Waals surface area contributed by atoms with Crippen LogP contribution in [0.3, 0.4) is 0 Å². The van der Waals surface area contributed by atoms with Crippen molar-refractivity contribution < 1.29 is 23.0 Å². The Hall–Kier alpha value is -2.05. The van der Waals surface area contributed by atoms with Gasteiger partial charge in [-0.3, -0.25) is 0 Å². The van der Waals surface area contributed by atoms with Gasteiger partial charge >= 0.3 is 6.18 Å². The standard InChI is InChI=1S/C19H22F3NO2/c1-11(2)12-4-7-18(25-3)16(8-12)14-6-5-13(19(20,21)22)9-15(14)17(24)10-23/h4-9,11,17,24H,10,23H2,1-3H3. The molecular formula is C19H22F3NO2. The van der Waals surface area contributed by atoms with E-state index in [1.165, 1.54) is 13.2 Å². The van der Waals surface area contributed by atoms with Crippen LogP contribution in [0.2, 0.25) is 0 Å². The van der Waals surface area contributed by atoms with Gasteiger partial charge in [-0.2, -0.15) is 13.2 Å². The van der Waals surface area contributed by atoms with E-state index in [1.54, 1.807) is 6.07 Å². The molecule has 136 valence electrons. The van der Waals surface area contributed by atoms with Gasteiger partial charge in [0.2, 0.25) is 0 Å². The molecule has 3 N–H and O–H groups in total. The zero-order valence-corrected chi connectivity index (χ0v) is 14.4. The van der Waals surface area contributed by atoms with E-state index in [9.17, 15) is 18.3 Å². The van der Waals surface area contributed by atoms with E-state index < -0.39 is 17.8 Å². The fourth-order valence-electron chi connectivity index (χ4n) is 2.68. The second kappa shape index (κ2) is 7.45. The summed E-state index contributed by atoms with van der Waals surface area (Å²) in [5.74, 6) is 0.761. The number of benzene rings is 2. The minimum Gasteiger partial charge on any atom is -0.496 e. The molecule has 0 aliphatic carbocycles. The average Bonchev–Trinajstić information content (AvgIpc) is 2.59. The second-order valence-corrected chi connectivity index (χ2v) is 6.17. The highest BCUT2D eigenvalue weighted by molar-refractivity contribution is 5.75. The summed E-state index contributed by atoms with van der Waals surface area (Å²) in [5.41, 5.74) is 6.93. The summed E-state index contributed by atoms with van der Waals surface area (Å²) < 4.78 is 44.5. The monoisotopic (exact) mass is 353 g/mol. The Morgan fingerprint density at radius 3 is 2.28 bits per heavy atom. The number of aliphatic hydroxyl groups is 1. The average molecular weight is 353 g/mol. The molecule has 3 nitrogen and oxygen atoms in total. The molecule has 6 heteroatoms. The Balaban J connectivity index is 2.71. The lowest BCUT2D eigenvalue weighted by molar-refractivity contribution is -0.137. The minimum absolute atomic E-state index is 0.136. The van der Waals surface area contributed by atoms with Crippen molar-refractivity contribution in [1.82, 2.24) is 0 Å². The highest BCUT2D eigenvalue weighted by atomic mass is 19.4. The van der Waals surface area contributed by atoms with Crippen molar-refractivity contribution in [2.45, 2.75) is 32.0 Å². The van der Waals surface area contributed by atoms with Crippen molar-refractivity contribution in [3.05, 3.63) is 53.1 Å². The number of aliphatic hydroxyl groups excluding tert-OH is 1. The van der Waals surface area contributed by atoms with Gasteiger partial charge in [-0.15, -0.1) is 0 Å². The smallest absolute Gasteiger partial charge is 0.416 e. The van der Waals surface area contributed by atoms with Crippen LogP contribution >= 0.6 is 0 Å². The summed E-state index contributed by atoms with van der Waals surface area (Å²) in [6.07, 6.45) is -5.70. The number of methoxy groups -OCH3 is 1. The minimum atomic E-state index is -4.49. The first-order chi connectivity index (χ1) is 11.7. The number of hydrogen-bond acceptors (Lipinski definition) is 3. The van der Waals surface area contributed by atoms with Crippen LogP contribution in [-0.2, 0) is 6.18 Å². The van der Waals surface area contributed by atoms with Crippen LogP contribution in [0.5, 0.6) is 5.75 Å². The Morgan fingerprint density at radius 2 is 1.76 bits per heavy atom. The summed E-state index contributed by atoms with van der Waals surface area (Å²) in [4.78, 5) is 0. The van der Waals surface area contributed by atoms with Crippen LogP contribution in [0.1, 0.15) is 42.6 Å². The Morgan fingerprint density at radius 1 is 1.08 bits per heavy atom. The van der Waals surface area contributed by atoms with E-state index >= 15 is 0 Å². The highest BCUT2D eigenvalue weighted by Gasteiger charge is 2.32. The lowest BCUT2D eigenvalue weighted by Gasteiger charge is -2.20. The molecule has 0 radical (unpaired) electrons. The first-order valence-corrected chi connectivity index (χ1v) is 7.96. The van der Waals surface area contributed by atoms with E-state index in [4.69, 9.17) is 10.5 Å². The zero-order chi connectivity index (χ0) is 18.8. The molecule has 0 aromatic heterocycles. The number of ether oxygens (including phenoxy) is 1. The van der Waals surface area contributed by atoms with E-state index in [-0.39, 0.29) is 18.0 Å². The second-order valence-electron chi connectivity index (χ2n) is 6.17. The molecule has 0 heterocycles. The van der Waals surface area contributed by atoms with Crippen molar-refractivity contribution in [1.29, 1.82) is 0 Å². The Kier molecular flexibility index (Phi) is 5.75. The molecule has 0 saturated carbocycles. The molecule has 0 bridgehead atoms. The van der Waals surface area contributed by atoms with Crippen LogP contribution in [0.4, 0.5) is 13.2 Å². The van der Waals surface area contributed by atoms with Crippen molar-refractivity contribution in [2.75, 3.05) is 13.7 Å². The Labute approximate surface area is 145 Å². The van der Waals surface area contributed by atoms with Crippen LogP contribution in [0.15, 0.2) is 36.4 Å². The molecule has 0 aliphatic heterocycles. The molecule has 1 unspecified atom stereocenters. The van der Waals surface area contributed by atoms with Crippen LogP contribution in [0.25, 0.3) is 11.1 Å². The Bertz CT molecular complexity index is 742. The van der Waals surface area contributed by atoms with E-state index in [1.807, 2.05) is 26.0 Å². The largest absolute Gasteiger partial charge is 0.496 e. The van der Waals surface area contributed by atoms with Crippen LogP contribution in [-0.4, -0.2) is 18.8 Å². The molecule has 2 aromatic rings. The molecule has 2 aromatic carbocycles. The van der Waals surface area contributed by atoms with E-state index in [0.717, 1.165) is 17.7 Å². The number of nitrogens with two attached hydrogens (primary N) is 1. The van der Waals surface area contributed by atoms with Crippen molar-refractivity contribution in [3.8, 4) is 16.9 Å². The summed E-state index contributed by atoms with van der Waals surface area (Å²) in [6.45, 7) is 3.86. The number of alkyl halides is 3. The van der Waals surface area contributed by atoms with Gasteiger partial charge in [0.05, 0.1) is 18.8 Å². The summed E-state index contributed by atoms with van der Waals surface area (Å²) in [6, 6.07) is 8.88. The summed E-state index contributed by atoms with van der Waals surface area (Å²) in [7, 11) is 1.50. The van der Waals surface area contributed by atoms with Crippen molar-refractivity contribution in [3.63, 3.8) is 0 Å². The maximum absolute atomic E-state index is 13.0. The zero-order valence-electron chi connectivity index (χ0n) is 14.4. The van der Waals surface area contributed by atoms with Gasteiger partial charge in [0.25, 0.3) is 0 Å². The third-order valence-corrected chi connectivity index (χ3v) is 4.14. The normalized spacial score (nSPS) is 13.2. The molecule has 0 fully saturated rings. The quantitative estimate of drug-likeness (QED) is 0.832. The molecule has 2 rings (SSSR count). The topological polar surface area (TPSA) is 55.5 Å². The lowest BCUT2D eigenvalue weighted by atomic mass is 9.90. The molecule has 1 atom stereocenters. The van der Waals surface area contributed by atoms with Crippen LogP contribution in [0, 0.1) is 0 Å². The van der Waals surface area contributed by atoms with Gasteiger partial charge in [0, 0.05) is 12.1 Å². The predicted octanol–water partition coefficient (Wildman–Crippen LogP) is 4.50. The van der Waals surface area contributed by atoms with Gasteiger partial charge < -0.3 is 15.6 Å². The van der Waals surface area contributed by atoms with Crippen LogP contribution < -0.4 is 10.5 Å². The van der Waals surface area contributed by atoms with Crippen molar-refractivity contribution >= 4 is 0 Å². The number of hydrogen-bond donors (Lipinski definition) is 2. The molecule has 0 amide bonds. The highest BCUT2D eigenvalue weighted by Crippen LogP contribution is 2.39.